The average molecular weight is 488 g/mol. The van der Waals surface area contributed by atoms with E-state index in [4.69, 9.17) is 4.74 Å². The van der Waals surface area contributed by atoms with Gasteiger partial charge in [0.25, 0.3) is 15.9 Å². The van der Waals surface area contributed by atoms with Gasteiger partial charge in [0.15, 0.2) is 6.61 Å². The van der Waals surface area contributed by atoms with Gasteiger partial charge in [-0.25, -0.2) is 8.42 Å². The van der Waals surface area contributed by atoms with Gasteiger partial charge in [-0.05, 0) is 47.8 Å². The quantitative estimate of drug-likeness (QED) is 0.551. The highest BCUT2D eigenvalue weighted by Crippen LogP contribution is 2.28. The van der Waals surface area contributed by atoms with Crippen molar-refractivity contribution >= 4 is 38.6 Å². The van der Waals surface area contributed by atoms with Crippen LogP contribution in [0.3, 0.4) is 0 Å². The van der Waals surface area contributed by atoms with Gasteiger partial charge in [-0.1, -0.05) is 18.2 Å². The zero-order valence-corrected chi connectivity index (χ0v) is 19.8. The van der Waals surface area contributed by atoms with E-state index < -0.39 is 10.0 Å². The van der Waals surface area contributed by atoms with Crippen LogP contribution in [0.25, 0.3) is 0 Å². The van der Waals surface area contributed by atoms with E-state index >= 15 is 0 Å². The third-order valence-corrected chi connectivity index (χ3v) is 8.69. The fraction of sp³-hybridized carbons (Fsp3) is 0.261. The molecule has 0 aliphatic carbocycles. The molecule has 33 heavy (non-hydrogen) atoms. The lowest BCUT2D eigenvalue weighted by Crippen LogP contribution is -2.50. The largest absolute Gasteiger partial charge is 0.506 e. The summed E-state index contributed by atoms with van der Waals surface area (Å²) in [6.45, 7) is 2.24. The number of rotatable bonds is 7. The van der Waals surface area contributed by atoms with Crippen molar-refractivity contribution in [2.75, 3.05) is 49.0 Å². The first kappa shape index (κ1) is 22.9. The molecule has 0 unspecified atom stereocenters. The zero-order chi connectivity index (χ0) is 23.4. The lowest BCUT2D eigenvalue weighted by Gasteiger charge is -2.36. The standard InChI is InChI=1S/C23H25N3O5S2/c1-24(33(29,30)23-7-4-16-32-23)18-8-10-19(11-9-18)31-17-22(28)26-14-12-25(13-15-26)20-5-2-3-6-21(20)27/h2-11,16,27H,12-15,17H2,1H3. The number of carbonyl (C=O) groups is 1. The molecule has 1 N–H and O–H groups in total. The predicted molar refractivity (Wildman–Crippen MR) is 129 cm³/mol. The van der Waals surface area contributed by atoms with E-state index in [0.717, 1.165) is 5.69 Å². The van der Waals surface area contributed by atoms with Gasteiger partial charge >= 0.3 is 0 Å². The van der Waals surface area contributed by atoms with E-state index in [0.29, 0.717) is 37.6 Å². The maximum Gasteiger partial charge on any atom is 0.273 e. The first-order valence-electron chi connectivity index (χ1n) is 10.4. The Morgan fingerprint density at radius 2 is 1.73 bits per heavy atom. The molecular formula is C23H25N3O5S2. The first-order chi connectivity index (χ1) is 15.9. The van der Waals surface area contributed by atoms with Crippen LogP contribution in [-0.2, 0) is 14.8 Å². The van der Waals surface area contributed by atoms with Gasteiger partial charge in [0.1, 0.15) is 15.7 Å². The summed E-state index contributed by atoms with van der Waals surface area (Å²) in [5.41, 5.74) is 1.27. The Balaban J connectivity index is 1.29. The summed E-state index contributed by atoms with van der Waals surface area (Å²) in [5, 5.41) is 11.7. The lowest BCUT2D eigenvalue weighted by molar-refractivity contribution is -0.133. The minimum atomic E-state index is -3.60. The average Bonchev–Trinajstić information content (AvgIpc) is 3.39. The van der Waals surface area contributed by atoms with Crippen LogP contribution >= 0.6 is 11.3 Å². The van der Waals surface area contributed by atoms with Crippen molar-refractivity contribution in [1.82, 2.24) is 4.90 Å². The number of amides is 1. The van der Waals surface area contributed by atoms with Gasteiger partial charge in [-0.15, -0.1) is 11.3 Å². The molecule has 0 bridgehead atoms. The van der Waals surface area contributed by atoms with E-state index in [1.807, 2.05) is 12.1 Å². The first-order valence-corrected chi connectivity index (χ1v) is 12.7. The fourth-order valence-electron chi connectivity index (χ4n) is 3.60. The molecule has 1 aliphatic heterocycles. The number of phenolic OH excluding ortho intramolecular Hbond substituents is 1. The molecule has 1 fully saturated rings. The van der Waals surface area contributed by atoms with E-state index in [1.165, 1.54) is 22.7 Å². The number of piperazine rings is 1. The van der Waals surface area contributed by atoms with Crippen LogP contribution in [0.15, 0.2) is 70.3 Å². The van der Waals surface area contributed by atoms with E-state index in [2.05, 4.69) is 4.90 Å². The Labute approximate surface area is 197 Å². The Morgan fingerprint density at radius 3 is 2.36 bits per heavy atom. The lowest BCUT2D eigenvalue weighted by atomic mass is 10.2. The molecule has 0 saturated carbocycles. The Hall–Kier alpha value is -3.24. The molecular weight excluding hydrogens is 462 g/mol. The van der Waals surface area contributed by atoms with Crippen LogP contribution < -0.4 is 13.9 Å². The van der Waals surface area contributed by atoms with Crippen molar-refractivity contribution < 1.29 is 23.1 Å². The SMILES string of the molecule is CN(c1ccc(OCC(=O)N2CCN(c3ccccc3O)CC2)cc1)S(=O)(=O)c1cccs1. The number of aromatic hydroxyl groups is 1. The second-order valence-corrected chi connectivity index (χ2v) is 10.7. The summed E-state index contributed by atoms with van der Waals surface area (Å²) >= 11 is 1.17. The second-order valence-electron chi connectivity index (χ2n) is 7.54. The molecule has 1 amide bonds. The van der Waals surface area contributed by atoms with Gasteiger partial charge in [-0.3, -0.25) is 9.10 Å². The number of benzene rings is 2. The summed E-state index contributed by atoms with van der Waals surface area (Å²) in [6, 6.07) is 17.0. The third-order valence-electron chi connectivity index (χ3n) is 5.53. The Kier molecular flexibility index (Phi) is 6.75. The van der Waals surface area contributed by atoms with Crippen LogP contribution in [0.4, 0.5) is 11.4 Å². The summed E-state index contributed by atoms with van der Waals surface area (Å²) < 4.78 is 32.4. The van der Waals surface area contributed by atoms with Gasteiger partial charge in [-0.2, -0.15) is 0 Å². The molecule has 3 aromatic rings. The molecule has 4 rings (SSSR count). The highest BCUT2D eigenvalue weighted by atomic mass is 32.2. The molecule has 1 aliphatic rings. The van der Waals surface area contributed by atoms with Gasteiger partial charge in [0.2, 0.25) is 0 Å². The smallest absolute Gasteiger partial charge is 0.273 e. The Bertz CT molecular complexity index is 1190. The van der Waals surface area contributed by atoms with Crippen LogP contribution in [-0.4, -0.2) is 64.2 Å². The molecule has 8 nitrogen and oxygen atoms in total. The molecule has 174 valence electrons. The minimum Gasteiger partial charge on any atom is -0.506 e. The number of carbonyl (C=O) groups excluding carboxylic acids is 1. The molecule has 0 radical (unpaired) electrons. The normalized spacial score (nSPS) is 14.2. The van der Waals surface area contributed by atoms with Crippen molar-refractivity contribution in [3.05, 3.63) is 66.0 Å². The number of sulfonamides is 1. The fourth-order valence-corrected chi connectivity index (χ4v) is 5.96. The predicted octanol–water partition coefficient (Wildman–Crippen LogP) is 3.01. The summed E-state index contributed by atoms with van der Waals surface area (Å²) in [6.07, 6.45) is 0. The van der Waals surface area contributed by atoms with Gasteiger partial charge in [0.05, 0.1) is 11.4 Å². The topological polar surface area (TPSA) is 90.4 Å². The number of ether oxygens (including phenoxy) is 1. The number of para-hydroxylation sites is 2. The van der Waals surface area contributed by atoms with Crippen LogP contribution in [0, 0.1) is 0 Å². The summed E-state index contributed by atoms with van der Waals surface area (Å²) in [4.78, 5) is 16.4. The van der Waals surface area contributed by atoms with E-state index in [1.54, 1.807) is 58.8 Å². The number of nitrogens with zero attached hydrogens (tertiary/aromatic N) is 3. The number of hydrogen-bond acceptors (Lipinski definition) is 7. The molecule has 10 heteroatoms. The third kappa shape index (κ3) is 5.07. The number of phenols is 1. The summed E-state index contributed by atoms with van der Waals surface area (Å²) in [7, 11) is -2.10. The van der Waals surface area contributed by atoms with Crippen molar-refractivity contribution in [3.63, 3.8) is 0 Å². The molecule has 0 spiro atoms. The van der Waals surface area contributed by atoms with Crippen LogP contribution in [0.1, 0.15) is 0 Å². The number of anilines is 2. The minimum absolute atomic E-state index is 0.0979. The molecule has 2 heterocycles. The van der Waals surface area contributed by atoms with Gasteiger partial charge in [0, 0.05) is 33.2 Å². The van der Waals surface area contributed by atoms with Crippen molar-refractivity contribution in [2.45, 2.75) is 4.21 Å². The maximum atomic E-state index is 12.6. The van der Waals surface area contributed by atoms with Crippen LogP contribution in [0.5, 0.6) is 11.5 Å². The van der Waals surface area contributed by atoms with Crippen molar-refractivity contribution in [3.8, 4) is 11.5 Å². The van der Waals surface area contributed by atoms with Crippen LogP contribution in [0.2, 0.25) is 0 Å². The highest BCUT2D eigenvalue weighted by Gasteiger charge is 2.24. The van der Waals surface area contributed by atoms with E-state index in [-0.39, 0.29) is 22.5 Å². The number of thiophene rings is 1. The monoisotopic (exact) mass is 487 g/mol. The zero-order valence-electron chi connectivity index (χ0n) is 18.1. The Morgan fingerprint density at radius 1 is 1.03 bits per heavy atom. The van der Waals surface area contributed by atoms with Gasteiger partial charge < -0.3 is 19.6 Å². The molecule has 2 aromatic carbocycles. The molecule has 0 atom stereocenters. The maximum absolute atomic E-state index is 12.6. The van der Waals surface area contributed by atoms with Crippen molar-refractivity contribution in [1.29, 1.82) is 0 Å². The van der Waals surface area contributed by atoms with Crippen molar-refractivity contribution in [2.24, 2.45) is 0 Å². The number of hydrogen-bond donors (Lipinski definition) is 1. The highest BCUT2D eigenvalue weighted by molar-refractivity contribution is 7.94. The molecule has 1 saturated heterocycles. The molecule has 1 aromatic heterocycles. The second kappa shape index (κ2) is 9.72. The van der Waals surface area contributed by atoms with E-state index in [9.17, 15) is 18.3 Å². The summed E-state index contributed by atoms with van der Waals surface area (Å²) in [5.74, 6) is 0.605.